The Morgan fingerprint density at radius 2 is 2.00 bits per heavy atom. The van der Waals surface area contributed by atoms with E-state index in [2.05, 4.69) is 12.2 Å². The summed E-state index contributed by atoms with van der Waals surface area (Å²) in [5.74, 6) is 0.878. The van der Waals surface area contributed by atoms with Crippen molar-refractivity contribution >= 4 is 0 Å². The van der Waals surface area contributed by atoms with Crippen molar-refractivity contribution in [3.8, 4) is 5.75 Å². The monoisotopic (exact) mass is 209 g/mol. The predicted molar refractivity (Wildman–Crippen MR) is 61.1 cm³/mol. The van der Waals surface area contributed by atoms with Crippen LogP contribution < -0.4 is 10.1 Å². The highest BCUT2D eigenvalue weighted by atomic mass is 16.5. The van der Waals surface area contributed by atoms with Gasteiger partial charge < -0.3 is 15.2 Å². The van der Waals surface area contributed by atoms with Crippen LogP contribution in [0.4, 0.5) is 0 Å². The van der Waals surface area contributed by atoms with E-state index in [1.54, 1.807) is 14.0 Å². The quantitative estimate of drug-likeness (QED) is 0.776. The number of para-hydroxylation sites is 1. The maximum Gasteiger partial charge on any atom is 0.123 e. The van der Waals surface area contributed by atoms with Gasteiger partial charge in [0.25, 0.3) is 0 Å². The highest BCUT2D eigenvalue weighted by Gasteiger charge is 2.10. The number of hydrogen-bond acceptors (Lipinski definition) is 3. The summed E-state index contributed by atoms with van der Waals surface area (Å²) in [6.45, 7) is 4.40. The van der Waals surface area contributed by atoms with E-state index in [4.69, 9.17) is 4.74 Å². The summed E-state index contributed by atoms with van der Waals surface area (Å²) in [6, 6.07) is 8.08. The van der Waals surface area contributed by atoms with E-state index in [-0.39, 0.29) is 12.1 Å². The van der Waals surface area contributed by atoms with E-state index in [1.807, 2.05) is 24.3 Å². The number of hydrogen-bond donors (Lipinski definition) is 2. The van der Waals surface area contributed by atoms with Gasteiger partial charge in [-0.15, -0.1) is 0 Å². The van der Waals surface area contributed by atoms with Gasteiger partial charge in [0, 0.05) is 18.2 Å². The molecule has 0 heterocycles. The molecule has 1 aromatic rings. The summed E-state index contributed by atoms with van der Waals surface area (Å²) in [5, 5.41) is 12.4. The third kappa shape index (κ3) is 3.53. The van der Waals surface area contributed by atoms with Crippen molar-refractivity contribution in [2.45, 2.75) is 26.0 Å². The van der Waals surface area contributed by atoms with Crippen LogP contribution in [0.15, 0.2) is 24.3 Å². The van der Waals surface area contributed by atoms with Crippen molar-refractivity contribution in [2.75, 3.05) is 13.7 Å². The normalized spacial score (nSPS) is 14.7. The Morgan fingerprint density at radius 1 is 1.33 bits per heavy atom. The van der Waals surface area contributed by atoms with Crippen molar-refractivity contribution in [1.82, 2.24) is 5.32 Å². The largest absolute Gasteiger partial charge is 0.496 e. The van der Waals surface area contributed by atoms with Gasteiger partial charge in [-0.2, -0.15) is 0 Å². The van der Waals surface area contributed by atoms with Gasteiger partial charge in [0.15, 0.2) is 0 Å². The predicted octanol–water partition coefficient (Wildman–Crippen LogP) is 1.73. The average molecular weight is 209 g/mol. The van der Waals surface area contributed by atoms with Crippen molar-refractivity contribution in [3.63, 3.8) is 0 Å². The van der Waals surface area contributed by atoms with E-state index < -0.39 is 0 Å². The molecule has 2 atom stereocenters. The van der Waals surface area contributed by atoms with Gasteiger partial charge in [0.05, 0.1) is 13.2 Å². The molecule has 0 aliphatic rings. The lowest BCUT2D eigenvalue weighted by Gasteiger charge is -2.17. The standard InChI is InChI=1S/C12H19NO2/c1-9(14)8-13-10(2)11-6-4-5-7-12(11)15-3/h4-7,9-10,13-14H,8H2,1-3H3/t9-,10-/m1/s1. The van der Waals surface area contributed by atoms with E-state index in [0.717, 1.165) is 11.3 Å². The molecule has 15 heavy (non-hydrogen) atoms. The molecule has 3 nitrogen and oxygen atoms in total. The molecule has 2 N–H and O–H groups in total. The van der Waals surface area contributed by atoms with E-state index in [9.17, 15) is 5.11 Å². The fourth-order valence-electron chi connectivity index (χ4n) is 1.48. The topological polar surface area (TPSA) is 41.5 Å². The molecule has 0 spiro atoms. The first-order valence-corrected chi connectivity index (χ1v) is 5.19. The summed E-state index contributed by atoms with van der Waals surface area (Å²) in [4.78, 5) is 0. The number of nitrogens with one attached hydrogen (secondary N) is 1. The summed E-state index contributed by atoms with van der Waals surface area (Å²) < 4.78 is 5.27. The Kier molecular flexibility index (Phi) is 4.59. The Morgan fingerprint density at radius 3 is 2.60 bits per heavy atom. The van der Waals surface area contributed by atoms with Crippen LogP contribution in [0, 0.1) is 0 Å². The van der Waals surface area contributed by atoms with Gasteiger partial charge >= 0.3 is 0 Å². The zero-order valence-electron chi connectivity index (χ0n) is 9.53. The number of benzene rings is 1. The molecule has 3 heteroatoms. The maximum atomic E-state index is 9.18. The second kappa shape index (κ2) is 5.73. The number of rotatable bonds is 5. The van der Waals surface area contributed by atoms with E-state index in [1.165, 1.54) is 0 Å². The summed E-state index contributed by atoms with van der Waals surface area (Å²) in [5.41, 5.74) is 1.11. The molecular weight excluding hydrogens is 190 g/mol. The molecule has 84 valence electrons. The first kappa shape index (κ1) is 12.0. The zero-order chi connectivity index (χ0) is 11.3. The van der Waals surface area contributed by atoms with Gasteiger partial charge in [-0.25, -0.2) is 0 Å². The minimum atomic E-state index is -0.331. The molecule has 0 radical (unpaired) electrons. The van der Waals surface area contributed by atoms with Gasteiger partial charge in [-0.3, -0.25) is 0 Å². The molecule has 0 bridgehead atoms. The molecule has 0 unspecified atom stereocenters. The van der Waals surface area contributed by atoms with Gasteiger partial charge in [0.2, 0.25) is 0 Å². The summed E-state index contributed by atoms with van der Waals surface area (Å²) in [6.07, 6.45) is -0.331. The van der Waals surface area contributed by atoms with E-state index in [0.29, 0.717) is 6.54 Å². The van der Waals surface area contributed by atoms with Crippen molar-refractivity contribution in [3.05, 3.63) is 29.8 Å². The van der Waals surface area contributed by atoms with Crippen LogP contribution in [0.5, 0.6) is 5.75 Å². The van der Waals surface area contributed by atoms with Crippen LogP contribution in [0.1, 0.15) is 25.5 Å². The molecule has 0 saturated carbocycles. The third-order valence-corrected chi connectivity index (χ3v) is 2.32. The van der Waals surface area contributed by atoms with Crippen molar-refractivity contribution < 1.29 is 9.84 Å². The third-order valence-electron chi connectivity index (χ3n) is 2.32. The molecule has 0 amide bonds. The Balaban J connectivity index is 2.68. The minimum Gasteiger partial charge on any atom is -0.496 e. The molecule has 0 aliphatic heterocycles. The molecule has 0 aromatic heterocycles. The second-order valence-electron chi connectivity index (χ2n) is 3.72. The molecule has 0 fully saturated rings. The van der Waals surface area contributed by atoms with Crippen LogP contribution >= 0.6 is 0 Å². The number of aliphatic hydroxyl groups is 1. The fourth-order valence-corrected chi connectivity index (χ4v) is 1.48. The van der Waals surface area contributed by atoms with Gasteiger partial charge in [-0.05, 0) is 19.9 Å². The Labute approximate surface area is 91.1 Å². The summed E-state index contributed by atoms with van der Waals surface area (Å²) in [7, 11) is 1.67. The highest BCUT2D eigenvalue weighted by molar-refractivity contribution is 5.35. The highest BCUT2D eigenvalue weighted by Crippen LogP contribution is 2.23. The van der Waals surface area contributed by atoms with Crippen molar-refractivity contribution in [1.29, 1.82) is 0 Å². The first-order chi connectivity index (χ1) is 7.15. The number of methoxy groups -OCH3 is 1. The summed E-state index contributed by atoms with van der Waals surface area (Å²) >= 11 is 0. The molecule has 1 aromatic carbocycles. The fraction of sp³-hybridized carbons (Fsp3) is 0.500. The van der Waals surface area contributed by atoms with Crippen LogP contribution in [-0.2, 0) is 0 Å². The van der Waals surface area contributed by atoms with Crippen molar-refractivity contribution in [2.24, 2.45) is 0 Å². The Bertz CT molecular complexity index is 299. The second-order valence-corrected chi connectivity index (χ2v) is 3.72. The van der Waals surface area contributed by atoms with Gasteiger partial charge in [0.1, 0.15) is 5.75 Å². The van der Waals surface area contributed by atoms with Gasteiger partial charge in [-0.1, -0.05) is 18.2 Å². The lowest BCUT2D eigenvalue weighted by molar-refractivity contribution is 0.187. The Hall–Kier alpha value is -1.06. The lowest BCUT2D eigenvalue weighted by atomic mass is 10.1. The molecule has 0 saturated heterocycles. The first-order valence-electron chi connectivity index (χ1n) is 5.19. The molecule has 0 aliphatic carbocycles. The number of aliphatic hydroxyl groups excluding tert-OH is 1. The number of ether oxygens (including phenoxy) is 1. The SMILES string of the molecule is COc1ccccc1[C@@H](C)NC[C@@H](C)O. The maximum absolute atomic E-state index is 9.18. The van der Waals surface area contributed by atoms with Crippen LogP contribution in [0.3, 0.4) is 0 Å². The van der Waals surface area contributed by atoms with Crippen LogP contribution in [0.25, 0.3) is 0 Å². The van der Waals surface area contributed by atoms with Crippen LogP contribution in [0.2, 0.25) is 0 Å². The smallest absolute Gasteiger partial charge is 0.123 e. The molecule has 1 rings (SSSR count). The molecular formula is C12H19NO2. The minimum absolute atomic E-state index is 0.177. The van der Waals surface area contributed by atoms with E-state index >= 15 is 0 Å². The lowest BCUT2D eigenvalue weighted by Crippen LogP contribution is -2.27. The average Bonchev–Trinajstić information content (AvgIpc) is 2.25. The zero-order valence-corrected chi connectivity index (χ0v) is 9.53. The van der Waals surface area contributed by atoms with Crippen LogP contribution in [-0.4, -0.2) is 24.9 Å².